The van der Waals surface area contributed by atoms with Gasteiger partial charge in [0.25, 0.3) is 11.8 Å². The van der Waals surface area contributed by atoms with Crippen LogP contribution in [0.4, 0.5) is 22.7 Å². The molecule has 18 heteroatoms. The molecule has 2 amide bonds. The molecule has 2 atom stereocenters. The van der Waals surface area contributed by atoms with Crippen molar-refractivity contribution in [3.8, 4) is 5.75 Å². The summed E-state index contributed by atoms with van der Waals surface area (Å²) in [5.41, 5.74) is 4.05. The van der Waals surface area contributed by atoms with Crippen LogP contribution in [0, 0.1) is 5.82 Å². The van der Waals surface area contributed by atoms with E-state index in [-0.39, 0.29) is 34.5 Å². The smallest absolute Gasteiger partial charge is 0.486 e. The van der Waals surface area contributed by atoms with Crippen LogP contribution >= 0.6 is 23.1 Å². The summed E-state index contributed by atoms with van der Waals surface area (Å²) in [4.78, 5) is 57.2. The fourth-order valence-corrected chi connectivity index (χ4v) is 5.35. The third-order valence-electron chi connectivity index (χ3n) is 5.21. The molecule has 12 nitrogen and oxygen atoms in total. The highest BCUT2D eigenvalue weighted by Gasteiger charge is 2.54. The fourth-order valence-electron chi connectivity index (χ4n) is 3.47. The van der Waals surface area contributed by atoms with Crippen molar-refractivity contribution in [1.82, 2.24) is 15.2 Å². The second-order valence-electron chi connectivity index (χ2n) is 7.72. The molecule has 0 aliphatic carbocycles. The molecule has 1 fully saturated rings. The SMILES string of the molecule is Nc1nc(C(=NOC(=O)C(F)(F)F)C(=O)NC2C(=O)N3C(C(=O)O)=C(COc4ccccc4F)CS[C@@H]23)cs1. The summed E-state index contributed by atoms with van der Waals surface area (Å²) in [6.45, 7) is -0.338. The topological polar surface area (TPSA) is 174 Å². The average Bonchev–Trinajstić information content (AvgIpc) is 3.31. The van der Waals surface area contributed by atoms with Crippen LogP contribution in [0.25, 0.3) is 0 Å². The zero-order chi connectivity index (χ0) is 28.5. The van der Waals surface area contributed by atoms with Crippen LogP contribution in [-0.4, -0.2) is 74.4 Å². The molecule has 2 aliphatic heterocycles. The van der Waals surface area contributed by atoms with Crippen molar-refractivity contribution >= 4 is 57.7 Å². The first-order valence-corrected chi connectivity index (χ1v) is 12.5. The molecule has 3 heterocycles. The van der Waals surface area contributed by atoms with Crippen LogP contribution < -0.4 is 15.8 Å². The van der Waals surface area contributed by atoms with E-state index in [1.807, 2.05) is 0 Å². The molecule has 0 bridgehead atoms. The minimum Gasteiger partial charge on any atom is -0.486 e. The Kier molecular flexibility index (Phi) is 7.77. The number of nitrogens with two attached hydrogens (primary N) is 1. The van der Waals surface area contributed by atoms with Crippen LogP contribution in [0.3, 0.4) is 0 Å². The van der Waals surface area contributed by atoms with Gasteiger partial charge in [-0.05, 0) is 12.1 Å². The van der Waals surface area contributed by atoms with E-state index in [0.717, 1.165) is 39.4 Å². The van der Waals surface area contributed by atoms with Crippen LogP contribution in [0.1, 0.15) is 5.69 Å². The fraction of sp³-hybridized carbons (Fsp3) is 0.238. The summed E-state index contributed by atoms with van der Waals surface area (Å²) < 4.78 is 56.8. The lowest BCUT2D eigenvalue weighted by atomic mass is 10.0. The molecule has 1 aromatic heterocycles. The highest BCUT2D eigenvalue weighted by atomic mass is 32.2. The number of aliphatic carboxylic acids is 1. The van der Waals surface area contributed by atoms with Gasteiger partial charge in [0.1, 0.15) is 29.4 Å². The number of nitrogen functional groups attached to an aromatic ring is 1. The molecule has 4 rings (SSSR count). The van der Waals surface area contributed by atoms with Gasteiger partial charge in [-0.3, -0.25) is 14.5 Å². The van der Waals surface area contributed by atoms with Crippen LogP contribution in [0.5, 0.6) is 5.75 Å². The molecule has 1 unspecified atom stereocenters. The molecule has 4 N–H and O–H groups in total. The zero-order valence-corrected chi connectivity index (χ0v) is 20.7. The first-order chi connectivity index (χ1) is 18.4. The van der Waals surface area contributed by atoms with E-state index >= 15 is 0 Å². The minimum absolute atomic E-state index is 0.0314. The number of thiazole rings is 1. The summed E-state index contributed by atoms with van der Waals surface area (Å²) in [5, 5.41) is 15.1. The van der Waals surface area contributed by atoms with E-state index < -0.39 is 58.6 Å². The Hall–Kier alpha value is -4.19. The van der Waals surface area contributed by atoms with Crippen molar-refractivity contribution in [1.29, 1.82) is 0 Å². The number of hydrogen-bond acceptors (Lipinski definition) is 11. The predicted molar refractivity (Wildman–Crippen MR) is 127 cm³/mol. The van der Waals surface area contributed by atoms with E-state index in [0.29, 0.717) is 0 Å². The third kappa shape index (κ3) is 5.80. The van der Waals surface area contributed by atoms with Crippen molar-refractivity contribution in [2.75, 3.05) is 18.1 Å². The number of hydrogen-bond donors (Lipinski definition) is 3. The van der Waals surface area contributed by atoms with Gasteiger partial charge in [-0.2, -0.15) is 13.2 Å². The van der Waals surface area contributed by atoms with E-state index in [1.165, 1.54) is 18.2 Å². The Morgan fingerprint density at radius 3 is 2.62 bits per heavy atom. The Morgan fingerprint density at radius 1 is 1.28 bits per heavy atom. The number of amides is 2. The van der Waals surface area contributed by atoms with Gasteiger partial charge in [-0.1, -0.05) is 17.3 Å². The summed E-state index contributed by atoms with van der Waals surface area (Å²) >= 11 is 1.87. The number of nitrogens with zero attached hydrogens (tertiary/aromatic N) is 3. The second kappa shape index (κ2) is 10.9. The molecule has 39 heavy (non-hydrogen) atoms. The standard InChI is InChI=1S/C21H15F4N5O7S2/c22-9-3-1-2-4-11(9)36-5-8-6-38-17-13(16(32)30(17)14(8)18(33)34)28-15(31)12(10-7-39-20(26)27-10)29-37-19(35)21(23,24)25/h1-4,7,13,17H,5-6H2,(H2,26,27)(H,28,31)(H,33,34)/t13?,17-/m0/s1. The number of carbonyl (C=O) groups is 4. The van der Waals surface area contributed by atoms with Gasteiger partial charge in [0.2, 0.25) is 0 Å². The summed E-state index contributed by atoms with van der Waals surface area (Å²) in [6.07, 6.45) is -5.40. The molecule has 206 valence electrons. The predicted octanol–water partition coefficient (Wildman–Crippen LogP) is 1.49. The van der Waals surface area contributed by atoms with Crippen LogP contribution in [0.2, 0.25) is 0 Å². The van der Waals surface area contributed by atoms with E-state index in [1.54, 1.807) is 0 Å². The quantitative estimate of drug-likeness (QED) is 0.135. The normalized spacial score (nSPS) is 19.2. The van der Waals surface area contributed by atoms with Gasteiger partial charge in [-0.15, -0.1) is 23.1 Å². The van der Waals surface area contributed by atoms with Crippen molar-refractivity contribution in [3.63, 3.8) is 0 Å². The molecular weight excluding hydrogens is 574 g/mol. The summed E-state index contributed by atoms with van der Waals surface area (Å²) in [6, 6.07) is 4.14. The number of carbonyl (C=O) groups excluding carboxylic acids is 3. The number of oxime groups is 1. The maximum Gasteiger partial charge on any atom is 0.493 e. The molecule has 2 aliphatic rings. The monoisotopic (exact) mass is 589 g/mol. The lowest BCUT2D eigenvalue weighted by Crippen LogP contribution is -2.71. The molecule has 1 saturated heterocycles. The highest BCUT2D eigenvalue weighted by molar-refractivity contribution is 8.00. The average molecular weight is 590 g/mol. The number of ether oxygens (including phenoxy) is 1. The number of fused-ring (bicyclic) bond motifs is 1. The number of benzene rings is 1. The Labute approximate surface area is 223 Å². The number of rotatable bonds is 8. The van der Waals surface area contributed by atoms with Gasteiger partial charge < -0.3 is 25.7 Å². The Bertz CT molecular complexity index is 1410. The lowest BCUT2D eigenvalue weighted by molar-refractivity contribution is -0.199. The van der Waals surface area contributed by atoms with Gasteiger partial charge in [0.05, 0.1) is 0 Å². The second-order valence-corrected chi connectivity index (χ2v) is 9.72. The number of para-hydroxylation sites is 1. The highest BCUT2D eigenvalue weighted by Crippen LogP contribution is 2.40. The summed E-state index contributed by atoms with van der Waals surface area (Å²) in [7, 11) is 0. The minimum atomic E-state index is -5.40. The van der Waals surface area contributed by atoms with Gasteiger partial charge >= 0.3 is 18.1 Å². The van der Waals surface area contributed by atoms with E-state index in [2.05, 4.69) is 20.3 Å². The Balaban J connectivity index is 1.51. The van der Waals surface area contributed by atoms with E-state index in [9.17, 15) is 41.8 Å². The number of thioether (sulfide) groups is 1. The maximum atomic E-state index is 13.9. The van der Waals surface area contributed by atoms with E-state index in [4.69, 9.17) is 10.5 Å². The van der Waals surface area contributed by atoms with Crippen molar-refractivity contribution < 1.29 is 51.4 Å². The number of nitrogens with one attached hydrogen (secondary N) is 1. The first kappa shape index (κ1) is 27.8. The maximum absolute atomic E-state index is 13.9. The zero-order valence-electron chi connectivity index (χ0n) is 19.1. The number of carboxylic acid groups (broad SMARTS) is 1. The number of alkyl halides is 3. The van der Waals surface area contributed by atoms with Gasteiger partial charge in [0.15, 0.2) is 22.4 Å². The molecule has 2 aromatic rings. The van der Waals surface area contributed by atoms with Crippen molar-refractivity contribution in [3.05, 3.63) is 52.4 Å². The largest absolute Gasteiger partial charge is 0.493 e. The molecule has 0 radical (unpaired) electrons. The van der Waals surface area contributed by atoms with Gasteiger partial charge in [0, 0.05) is 16.7 Å². The number of β-lactam (4-membered cyclic amide) rings is 1. The number of carboxylic acids is 1. The number of anilines is 1. The Morgan fingerprint density at radius 2 is 2.00 bits per heavy atom. The number of aromatic nitrogens is 1. The van der Waals surface area contributed by atoms with Crippen molar-refractivity contribution in [2.24, 2.45) is 5.16 Å². The molecule has 0 saturated carbocycles. The first-order valence-electron chi connectivity index (χ1n) is 10.5. The molecule has 0 spiro atoms. The van der Waals surface area contributed by atoms with Crippen LogP contribution in [0.15, 0.2) is 46.1 Å². The van der Waals surface area contributed by atoms with Gasteiger partial charge in [-0.25, -0.2) is 19.0 Å². The van der Waals surface area contributed by atoms with Crippen LogP contribution in [-0.2, 0) is 24.0 Å². The summed E-state index contributed by atoms with van der Waals surface area (Å²) in [5.74, 6) is -7.02. The molecule has 1 aromatic carbocycles. The lowest BCUT2D eigenvalue weighted by Gasteiger charge is -2.49. The molecular formula is C21H15F4N5O7S2. The third-order valence-corrected chi connectivity index (χ3v) is 7.22. The van der Waals surface area contributed by atoms with Crippen molar-refractivity contribution in [2.45, 2.75) is 17.6 Å². The number of halogens is 4.